The van der Waals surface area contributed by atoms with Crippen molar-refractivity contribution in [2.45, 2.75) is 13.5 Å². The van der Waals surface area contributed by atoms with E-state index in [2.05, 4.69) is 17.1 Å². The lowest BCUT2D eigenvalue weighted by Crippen LogP contribution is -2.28. The van der Waals surface area contributed by atoms with Crippen LogP contribution in [-0.4, -0.2) is 19.6 Å². The van der Waals surface area contributed by atoms with Crippen LogP contribution in [0, 0.1) is 5.82 Å². The van der Waals surface area contributed by atoms with Gasteiger partial charge in [-0.05, 0) is 19.1 Å². The number of anilines is 1. The molecular formula is C11H15FN2. The van der Waals surface area contributed by atoms with Crippen molar-refractivity contribution in [1.82, 2.24) is 5.32 Å². The topological polar surface area (TPSA) is 15.3 Å². The lowest BCUT2D eigenvalue weighted by atomic mass is 10.1. The molecule has 14 heavy (non-hydrogen) atoms. The van der Waals surface area contributed by atoms with Crippen LogP contribution in [0.3, 0.4) is 0 Å². The Bertz CT molecular complexity index is 325. The first-order chi connectivity index (χ1) is 6.83. The lowest BCUT2D eigenvalue weighted by molar-refractivity contribution is 0.598. The van der Waals surface area contributed by atoms with Gasteiger partial charge < -0.3 is 10.2 Å². The first-order valence-electron chi connectivity index (χ1n) is 5.06. The van der Waals surface area contributed by atoms with Gasteiger partial charge in [-0.2, -0.15) is 0 Å². The number of benzene rings is 1. The van der Waals surface area contributed by atoms with Gasteiger partial charge in [-0.3, -0.25) is 0 Å². The zero-order valence-corrected chi connectivity index (χ0v) is 8.39. The Morgan fingerprint density at radius 2 is 2.36 bits per heavy atom. The highest BCUT2D eigenvalue weighted by atomic mass is 19.1. The van der Waals surface area contributed by atoms with E-state index in [0.29, 0.717) is 6.54 Å². The Balaban J connectivity index is 2.44. The van der Waals surface area contributed by atoms with Gasteiger partial charge in [-0.25, -0.2) is 4.39 Å². The average molecular weight is 194 g/mol. The zero-order chi connectivity index (χ0) is 9.97. The summed E-state index contributed by atoms with van der Waals surface area (Å²) >= 11 is 0. The second-order valence-electron chi connectivity index (χ2n) is 3.49. The van der Waals surface area contributed by atoms with Crippen molar-refractivity contribution in [2.75, 3.05) is 24.5 Å². The van der Waals surface area contributed by atoms with Crippen molar-refractivity contribution < 1.29 is 4.39 Å². The standard InChI is InChI=1S/C11H15FN2/c1-2-14-7-6-13-8-9-10(12)4-3-5-11(9)14/h3-5,13H,2,6-8H2,1H3. The minimum absolute atomic E-state index is 0.102. The second-order valence-corrected chi connectivity index (χ2v) is 3.49. The Morgan fingerprint density at radius 3 is 3.14 bits per heavy atom. The van der Waals surface area contributed by atoms with Crippen LogP contribution < -0.4 is 10.2 Å². The molecule has 0 saturated carbocycles. The van der Waals surface area contributed by atoms with E-state index < -0.39 is 0 Å². The molecule has 1 aliphatic heterocycles. The fourth-order valence-corrected chi connectivity index (χ4v) is 1.89. The van der Waals surface area contributed by atoms with Gasteiger partial charge in [0.25, 0.3) is 0 Å². The third kappa shape index (κ3) is 1.60. The Morgan fingerprint density at radius 1 is 1.50 bits per heavy atom. The number of nitrogens with zero attached hydrogens (tertiary/aromatic N) is 1. The molecule has 0 spiro atoms. The summed E-state index contributed by atoms with van der Waals surface area (Å²) in [5.74, 6) is -0.102. The quantitative estimate of drug-likeness (QED) is 0.732. The van der Waals surface area contributed by atoms with Gasteiger partial charge in [-0.15, -0.1) is 0 Å². The molecule has 0 amide bonds. The highest BCUT2D eigenvalue weighted by Gasteiger charge is 2.15. The molecule has 1 heterocycles. The van der Waals surface area contributed by atoms with Crippen LogP contribution in [0.25, 0.3) is 0 Å². The number of likely N-dealkylation sites (N-methyl/N-ethyl adjacent to an activating group) is 1. The molecule has 1 aromatic carbocycles. The van der Waals surface area contributed by atoms with E-state index in [1.165, 1.54) is 6.07 Å². The van der Waals surface area contributed by atoms with Crippen molar-refractivity contribution in [3.8, 4) is 0 Å². The number of hydrogen-bond donors (Lipinski definition) is 1. The molecule has 2 rings (SSSR count). The van der Waals surface area contributed by atoms with E-state index in [4.69, 9.17) is 0 Å². The maximum absolute atomic E-state index is 13.5. The van der Waals surface area contributed by atoms with Crippen LogP contribution in [0.15, 0.2) is 18.2 Å². The molecule has 76 valence electrons. The monoisotopic (exact) mass is 194 g/mol. The number of hydrogen-bond acceptors (Lipinski definition) is 2. The summed E-state index contributed by atoms with van der Waals surface area (Å²) in [6.45, 7) is 5.53. The first-order valence-corrected chi connectivity index (χ1v) is 5.06. The average Bonchev–Trinajstić information content (AvgIpc) is 2.40. The second kappa shape index (κ2) is 3.96. The first kappa shape index (κ1) is 9.46. The van der Waals surface area contributed by atoms with E-state index in [9.17, 15) is 4.39 Å². The third-order valence-corrected chi connectivity index (χ3v) is 2.68. The predicted molar refractivity (Wildman–Crippen MR) is 56.0 cm³/mol. The summed E-state index contributed by atoms with van der Waals surface area (Å²) in [4.78, 5) is 2.21. The number of rotatable bonds is 1. The molecule has 1 aromatic rings. The molecule has 2 nitrogen and oxygen atoms in total. The molecule has 0 atom stereocenters. The summed E-state index contributed by atoms with van der Waals surface area (Å²) in [5, 5.41) is 3.23. The summed E-state index contributed by atoms with van der Waals surface area (Å²) in [6.07, 6.45) is 0. The minimum atomic E-state index is -0.102. The molecule has 0 bridgehead atoms. The van der Waals surface area contributed by atoms with E-state index in [-0.39, 0.29) is 5.82 Å². The molecular weight excluding hydrogens is 179 g/mol. The van der Waals surface area contributed by atoms with E-state index >= 15 is 0 Å². The zero-order valence-electron chi connectivity index (χ0n) is 8.39. The van der Waals surface area contributed by atoms with Crippen molar-refractivity contribution >= 4 is 5.69 Å². The maximum atomic E-state index is 13.5. The van der Waals surface area contributed by atoms with Crippen LogP contribution in [0.2, 0.25) is 0 Å². The van der Waals surface area contributed by atoms with Gasteiger partial charge in [0, 0.05) is 37.4 Å². The van der Waals surface area contributed by atoms with Gasteiger partial charge >= 0.3 is 0 Å². The number of nitrogens with one attached hydrogen (secondary N) is 1. The van der Waals surface area contributed by atoms with E-state index in [1.54, 1.807) is 6.07 Å². The van der Waals surface area contributed by atoms with Crippen LogP contribution in [0.5, 0.6) is 0 Å². The molecule has 0 unspecified atom stereocenters. The van der Waals surface area contributed by atoms with Crippen LogP contribution in [-0.2, 0) is 6.54 Å². The van der Waals surface area contributed by atoms with Gasteiger partial charge in [-0.1, -0.05) is 6.07 Å². The third-order valence-electron chi connectivity index (χ3n) is 2.68. The van der Waals surface area contributed by atoms with Gasteiger partial charge in [0.05, 0.1) is 0 Å². The van der Waals surface area contributed by atoms with Crippen molar-refractivity contribution in [1.29, 1.82) is 0 Å². The molecule has 1 N–H and O–H groups in total. The van der Waals surface area contributed by atoms with Crippen LogP contribution in [0.4, 0.5) is 10.1 Å². The molecule has 0 radical (unpaired) electrons. The summed E-state index contributed by atoms with van der Waals surface area (Å²) in [5.41, 5.74) is 1.84. The number of fused-ring (bicyclic) bond motifs is 1. The van der Waals surface area contributed by atoms with E-state index in [1.807, 2.05) is 6.07 Å². The fraction of sp³-hybridized carbons (Fsp3) is 0.455. The SMILES string of the molecule is CCN1CCNCc2c(F)cccc21. The largest absolute Gasteiger partial charge is 0.370 e. The molecule has 3 heteroatoms. The summed E-state index contributed by atoms with van der Waals surface area (Å²) in [6, 6.07) is 5.30. The fourth-order valence-electron chi connectivity index (χ4n) is 1.89. The maximum Gasteiger partial charge on any atom is 0.129 e. The lowest BCUT2D eigenvalue weighted by Gasteiger charge is -2.22. The van der Waals surface area contributed by atoms with Crippen molar-refractivity contribution in [3.63, 3.8) is 0 Å². The van der Waals surface area contributed by atoms with Crippen LogP contribution in [0.1, 0.15) is 12.5 Å². The van der Waals surface area contributed by atoms with Gasteiger partial charge in [0.15, 0.2) is 0 Å². The molecule has 0 aromatic heterocycles. The highest BCUT2D eigenvalue weighted by Crippen LogP contribution is 2.24. The minimum Gasteiger partial charge on any atom is -0.370 e. The Labute approximate surface area is 83.7 Å². The van der Waals surface area contributed by atoms with Gasteiger partial charge in [0.2, 0.25) is 0 Å². The number of halogens is 1. The molecule has 1 aliphatic rings. The predicted octanol–water partition coefficient (Wildman–Crippen LogP) is 1.76. The highest BCUT2D eigenvalue weighted by molar-refractivity contribution is 5.54. The van der Waals surface area contributed by atoms with E-state index in [0.717, 1.165) is 30.9 Å². The molecule has 0 fully saturated rings. The molecule has 0 aliphatic carbocycles. The normalized spacial score (nSPS) is 16.3. The van der Waals surface area contributed by atoms with Crippen LogP contribution >= 0.6 is 0 Å². The Kier molecular flexibility index (Phi) is 2.68. The van der Waals surface area contributed by atoms with Gasteiger partial charge in [0.1, 0.15) is 5.82 Å². The van der Waals surface area contributed by atoms with Crippen molar-refractivity contribution in [2.24, 2.45) is 0 Å². The molecule has 0 saturated heterocycles. The summed E-state index contributed by atoms with van der Waals surface area (Å²) in [7, 11) is 0. The smallest absolute Gasteiger partial charge is 0.129 e. The van der Waals surface area contributed by atoms with Crippen molar-refractivity contribution in [3.05, 3.63) is 29.6 Å². The summed E-state index contributed by atoms with van der Waals surface area (Å²) < 4.78 is 13.5. The Hall–Kier alpha value is -1.09.